The number of carboxylic acids is 1. The highest BCUT2D eigenvalue weighted by Gasteiger charge is 2.25. The first kappa shape index (κ1) is 17.2. The largest absolute Gasteiger partial charge is 0.480 e. The Morgan fingerprint density at radius 1 is 1.24 bits per heavy atom. The van der Waals surface area contributed by atoms with Crippen molar-refractivity contribution in [2.45, 2.75) is 26.8 Å². The van der Waals surface area contributed by atoms with E-state index in [-0.39, 0.29) is 11.8 Å². The van der Waals surface area contributed by atoms with Crippen LogP contribution in [0.25, 0.3) is 15.9 Å². The number of carbonyl (C=O) groups excluding carboxylic acids is 1. The lowest BCUT2D eigenvalue weighted by molar-refractivity contribution is -0.140. The first-order valence-corrected chi connectivity index (χ1v) is 8.78. The van der Waals surface area contributed by atoms with Crippen LogP contribution in [0.2, 0.25) is 0 Å². The summed E-state index contributed by atoms with van der Waals surface area (Å²) in [6.45, 7) is 5.42. The molecule has 130 valence electrons. The van der Waals surface area contributed by atoms with Gasteiger partial charge >= 0.3 is 5.97 Å². The number of para-hydroxylation sites is 1. The number of hydrogen-bond donors (Lipinski definition) is 2. The number of carboxylic acid groups (broad SMARTS) is 1. The van der Waals surface area contributed by atoms with Gasteiger partial charge in [0.2, 0.25) is 0 Å². The molecule has 6 nitrogen and oxygen atoms in total. The van der Waals surface area contributed by atoms with Crippen LogP contribution in [-0.2, 0) is 4.79 Å². The second-order valence-corrected chi connectivity index (χ2v) is 7.23. The zero-order valence-corrected chi connectivity index (χ0v) is 15.0. The van der Waals surface area contributed by atoms with Crippen molar-refractivity contribution in [2.24, 2.45) is 5.92 Å². The maximum absolute atomic E-state index is 12.5. The number of benzene rings is 1. The molecule has 2 aromatic heterocycles. The van der Waals surface area contributed by atoms with Crippen LogP contribution in [0.4, 0.5) is 0 Å². The molecule has 1 aromatic carbocycles. The summed E-state index contributed by atoms with van der Waals surface area (Å²) in [6, 6.07) is 10.6. The fourth-order valence-corrected chi connectivity index (χ4v) is 3.72. The van der Waals surface area contributed by atoms with Crippen molar-refractivity contribution in [3.8, 4) is 5.69 Å². The highest BCUT2D eigenvalue weighted by Crippen LogP contribution is 2.30. The molecular weight excluding hydrogens is 338 g/mol. The summed E-state index contributed by atoms with van der Waals surface area (Å²) >= 11 is 1.31. The molecule has 0 aliphatic heterocycles. The molecule has 0 spiro atoms. The van der Waals surface area contributed by atoms with Crippen molar-refractivity contribution in [3.63, 3.8) is 0 Å². The highest BCUT2D eigenvalue weighted by atomic mass is 32.1. The van der Waals surface area contributed by atoms with Gasteiger partial charge in [0.05, 0.1) is 16.3 Å². The van der Waals surface area contributed by atoms with Gasteiger partial charge in [0.25, 0.3) is 5.91 Å². The summed E-state index contributed by atoms with van der Waals surface area (Å²) in [5, 5.41) is 17.3. The first-order valence-electron chi connectivity index (χ1n) is 7.96. The van der Waals surface area contributed by atoms with Crippen LogP contribution >= 0.6 is 11.3 Å². The normalized spacial score (nSPS) is 12.5. The van der Waals surface area contributed by atoms with E-state index >= 15 is 0 Å². The minimum Gasteiger partial charge on any atom is -0.480 e. The van der Waals surface area contributed by atoms with Gasteiger partial charge in [0.1, 0.15) is 10.9 Å². The van der Waals surface area contributed by atoms with Crippen molar-refractivity contribution in [1.82, 2.24) is 15.1 Å². The van der Waals surface area contributed by atoms with E-state index in [1.54, 1.807) is 19.9 Å². The van der Waals surface area contributed by atoms with E-state index in [1.807, 2.05) is 41.9 Å². The third-order valence-corrected chi connectivity index (χ3v) is 5.10. The molecule has 7 heteroatoms. The first-order chi connectivity index (χ1) is 11.9. The molecule has 0 fully saturated rings. The van der Waals surface area contributed by atoms with Gasteiger partial charge in [-0.25, -0.2) is 9.48 Å². The number of aromatic nitrogens is 2. The van der Waals surface area contributed by atoms with Crippen LogP contribution in [0.15, 0.2) is 36.4 Å². The quantitative estimate of drug-likeness (QED) is 0.734. The zero-order chi connectivity index (χ0) is 18.1. The Bertz CT molecular complexity index is 928. The minimum atomic E-state index is -1.03. The Hall–Kier alpha value is -2.67. The van der Waals surface area contributed by atoms with E-state index in [4.69, 9.17) is 0 Å². The lowest BCUT2D eigenvalue weighted by atomic mass is 10.0. The number of nitrogens with zero attached hydrogens (tertiary/aromatic N) is 2. The van der Waals surface area contributed by atoms with Gasteiger partial charge in [-0.15, -0.1) is 11.3 Å². The van der Waals surface area contributed by atoms with E-state index in [9.17, 15) is 14.7 Å². The monoisotopic (exact) mass is 357 g/mol. The molecule has 3 aromatic rings. The summed E-state index contributed by atoms with van der Waals surface area (Å²) < 4.78 is 1.81. The molecule has 0 unspecified atom stereocenters. The van der Waals surface area contributed by atoms with Gasteiger partial charge in [0.15, 0.2) is 0 Å². The molecule has 2 heterocycles. The second kappa shape index (κ2) is 6.68. The lowest BCUT2D eigenvalue weighted by Crippen LogP contribution is -2.44. The van der Waals surface area contributed by atoms with E-state index in [1.165, 1.54) is 11.3 Å². The van der Waals surface area contributed by atoms with Gasteiger partial charge in [-0.2, -0.15) is 5.10 Å². The van der Waals surface area contributed by atoms with Crippen LogP contribution in [-0.4, -0.2) is 32.8 Å². The molecule has 2 N–H and O–H groups in total. The van der Waals surface area contributed by atoms with Crippen molar-refractivity contribution in [2.75, 3.05) is 0 Å². The van der Waals surface area contributed by atoms with Crippen LogP contribution < -0.4 is 5.32 Å². The molecule has 0 bridgehead atoms. The molecule has 3 rings (SSSR count). The van der Waals surface area contributed by atoms with E-state index in [2.05, 4.69) is 10.4 Å². The third kappa shape index (κ3) is 3.28. The predicted octanol–water partition coefficient (Wildman–Crippen LogP) is 3.23. The fourth-order valence-electron chi connectivity index (χ4n) is 2.63. The number of nitrogens with one attached hydrogen (secondary N) is 1. The number of hydrogen-bond acceptors (Lipinski definition) is 4. The van der Waals surface area contributed by atoms with Crippen LogP contribution in [0, 0.1) is 12.8 Å². The smallest absolute Gasteiger partial charge is 0.326 e. The average Bonchev–Trinajstić information content (AvgIpc) is 3.13. The van der Waals surface area contributed by atoms with E-state index < -0.39 is 12.0 Å². The summed E-state index contributed by atoms with van der Waals surface area (Å²) in [7, 11) is 0. The maximum atomic E-state index is 12.5. The van der Waals surface area contributed by atoms with Gasteiger partial charge < -0.3 is 10.4 Å². The Balaban J connectivity index is 1.97. The average molecular weight is 357 g/mol. The molecule has 0 aliphatic rings. The van der Waals surface area contributed by atoms with Gasteiger partial charge in [-0.05, 0) is 31.0 Å². The summed E-state index contributed by atoms with van der Waals surface area (Å²) in [5.74, 6) is -1.60. The van der Waals surface area contributed by atoms with E-state index in [0.29, 0.717) is 4.88 Å². The molecule has 1 atom stereocenters. The van der Waals surface area contributed by atoms with Crippen molar-refractivity contribution in [1.29, 1.82) is 0 Å². The highest BCUT2D eigenvalue weighted by molar-refractivity contribution is 7.20. The molecule has 0 aliphatic carbocycles. The molecule has 1 amide bonds. The van der Waals surface area contributed by atoms with E-state index in [0.717, 1.165) is 21.6 Å². The standard InChI is InChI=1S/C18H19N3O3S/c1-10(2)15(18(23)24)19-16(22)14-9-13-11(3)20-21(17(13)25-14)12-7-5-4-6-8-12/h4-10,15H,1-3H3,(H,19,22)(H,23,24)/t15-/m0/s1. The second-order valence-electron chi connectivity index (χ2n) is 6.20. The summed E-state index contributed by atoms with van der Waals surface area (Å²) in [6.07, 6.45) is 0. The number of carbonyl (C=O) groups is 2. The number of rotatable bonds is 5. The van der Waals surface area contributed by atoms with Gasteiger partial charge in [0, 0.05) is 5.39 Å². The van der Waals surface area contributed by atoms with Gasteiger partial charge in [-0.3, -0.25) is 4.79 Å². The maximum Gasteiger partial charge on any atom is 0.326 e. The minimum absolute atomic E-state index is 0.197. The zero-order valence-electron chi connectivity index (χ0n) is 14.2. The van der Waals surface area contributed by atoms with Crippen LogP contribution in [0.3, 0.4) is 0 Å². The number of thiophene rings is 1. The van der Waals surface area contributed by atoms with Gasteiger partial charge in [-0.1, -0.05) is 32.0 Å². The Morgan fingerprint density at radius 3 is 2.52 bits per heavy atom. The third-order valence-electron chi connectivity index (χ3n) is 3.99. The van der Waals surface area contributed by atoms with Crippen molar-refractivity contribution in [3.05, 3.63) is 47.0 Å². The van der Waals surface area contributed by atoms with Crippen molar-refractivity contribution < 1.29 is 14.7 Å². The molecule has 25 heavy (non-hydrogen) atoms. The van der Waals surface area contributed by atoms with Crippen LogP contribution in [0.1, 0.15) is 29.2 Å². The summed E-state index contributed by atoms with van der Waals surface area (Å²) in [5.41, 5.74) is 1.74. The number of aliphatic carboxylic acids is 1. The lowest BCUT2D eigenvalue weighted by Gasteiger charge is -2.17. The molecule has 0 saturated heterocycles. The number of aryl methyl sites for hydroxylation is 1. The van der Waals surface area contributed by atoms with Crippen LogP contribution in [0.5, 0.6) is 0 Å². The summed E-state index contributed by atoms with van der Waals surface area (Å²) in [4.78, 5) is 25.1. The molecule has 0 radical (unpaired) electrons. The molecular formula is C18H19N3O3S. The number of amides is 1. The Kier molecular flexibility index (Phi) is 4.59. The fraction of sp³-hybridized carbons (Fsp3) is 0.278. The number of fused-ring (bicyclic) bond motifs is 1. The van der Waals surface area contributed by atoms with Crippen molar-refractivity contribution >= 4 is 33.4 Å². The predicted molar refractivity (Wildman–Crippen MR) is 97.4 cm³/mol. The Labute approximate surface area is 149 Å². The molecule has 0 saturated carbocycles. The topological polar surface area (TPSA) is 84.2 Å². The SMILES string of the molecule is Cc1nn(-c2ccccc2)c2sc(C(=O)N[C@H](C(=O)O)C(C)C)cc12. The Morgan fingerprint density at radius 2 is 1.92 bits per heavy atom.